The standard InChI is InChI=1S/C13H9FN2O/c14-8-5-6-10-11(7-8)16-13(15-10)9-3-1-2-4-12(9)17/h1-7,17H,(H,15,16). The van der Waals surface area contributed by atoms with Gasteiger partial charge in [0.2, 0.25) is 0 Å². The summed E-state index contributed by atoms with van der Waals surface area (Å²) < 4.78 is 13.0. The summed E-state index contributed by atoms with van der Waals surface area (Å²) in [6.07, 6.45) is 0. The molecule has 0 aliphatic heterocycles. The number of para-hydroxylation sites is 1. The van der Waals surface area contributed by atoms with Crippen LogP contribution in [0.5, 0.6) is 5.75 Å². The molecule has 0 saturated heterocycles. The Morgan fingerprint density at radius 1 is 1.12 bits per heavy atom. The average molecular weight is 228 g/mol. The molecule has 3 aromatic rings. The average Bonchev–Trinajstić information content (AvgIpc) is 2.72. The first kappa shape index (κ1) is 9.84. The van der Waals surface area contributed by atoms with Crippen molar-refractivity contribution in [2.75, 3.05) is 0 Å². The van der Waals surface area contributed by atoms with E-state index in [1.807, 2.05) is 6.07 Å². The molecule has 0 bridgehead atoms. The zero-order chi connectivity index (χ0) is 11.8. The Balaban J connectivity index is 2.22. The molecule has 3 rings (SSSR count). The monoisotopic (exact) mass is 228 g/mol. The third-order valence-electron chi connectivity index (χ3n) is 2.60. The number of aromatic hydroxyl groups is 1. The van der Waals surface area contributed by atoms with Crippen LogP contribution in [0.2, 0.25) is 0 Å². The van der Waals surface area contributed by atoms with Crippen LogP contribution < -0.4 is 0 Å². The van der Waals surface area contributed by atoms with Crippen molar-refractivity contribution in [1.29, 1.82) is 0 Å². The smallest absolute Gasteiger partial charge is 0.142 e. The summed E-state index contributed by atoms with van der Waals surface area (Å²) in [5, 5.41) is 9.71. The lowest BCUT2D eigenvalue weighted by Crippen LogP contribution is -1.80. The van der Waals surface area contributed by atoms with E-state index in [1.54, 1.807) is 24.3 Å². The number of benzene rings is 2. The van der Waals surface area contributed by atoms with E-state index in [0.29, 0.717) is 22.4 Å². The topological polar surface area (TPSA) is 48.9 Å². The third-order valence-corrected chi connectivity index (χ3v) is 2.60. The molecular formula is C13H9FN2O. The quantitative estimate of drug-likeness (QED) is 0.672. The van der Waals surface area contributed by atoms with Gasteiger partial charge in [0.1, 0.15) is 17.4 Å². The molecule has 2 aromatic carbocycles. The third kappa shape index (κ3) is 1.63. The number of hydrogen-bond donors (Lipinski definition) is 2. The Hall–Kier alpha value is -2.36. The van der Waals surface area contributed by atoms with Crippen molar-refractivity contribution in [2.24, 2.45) is 0 Å². The van der Waals surface area contributed by atoms with Crippen LogP contribution in [0.15, 0.2) is 42.5 Å². The predicted octanol–water partition coefficient (Wildman–Crippen LogP) is 3.07. The van der Waals surface area contributed by atoms with Gasteiger partial charge in [-0.1, -0.05) is 12.1 Å². The van der Waals surface area contributed by atoms with Gasteiger partial charge in [0, 0.05) is 0 Å². The maximum atomic E-state index is 13.0. The molecule has 0 aliphatic rings. The first-order chi connectivity index (χ1) is 8.24. The van der Waals surface area contributed by atoms with Gasteiger partial charge >= 0.3 is 0 Å². The van der Waals surface area contributed by atoms with E-state index in [9.17, 15) is 9.50 Å². The van der Waals surface area contributed by atoms with E-state index >= 15 is 0 Å². The first-order valence-corrected chi connectivity index (χ1v) is 5.18. The highest BCUT2D eigenvalue weighted by molar-refractivity contribution is 5.80. The number of hydrogen-bond acceptors (Lipinski definition) is 2. The summed E-state index contributed by atoms with van der Waals surface area (Å²) in [4.78, 5) is 7.29. The van der Waals surface area contributed by atoms with E-state index in [1.165, 1.54) is 12.1 Å². The zero-order valence-electron chi connectivity index (χ0n) is 8.81. The molecule has 0 aliphatic carbocycles. The number of phenols is 1. The Bertz CT molecular complexity index is 691. The number of fused-ring (bicyclic) bond motifs is 1. The SMILES string of the molecule is Oc1ccccc1-c1nc2ccc(F)cc2[nH]1. The van der Waals surface area contributed by atoms with Gasteiger partial charge in [-0.15, -0.1) is 0 Å². The van der Waals surface area contributed by atoms with Crippen LogP contribution in [0.3, 0.4) is 0 Å². The van der Waals surface area contributed by atoms with Crippen molar-refractivity contribution >= 4 is 11.0 Å². The van der Waals surface area contributed by atoms with E-state index in [-0.39, 0.29) is 11.6 Å². The molecule has 1 aromatic heterocycles. The molecule has 17 heavy (non-hydrogen) atoms. The van der Waals surface area contributed by atoms with Crippen LogP contribution in [-0.2, 0) is 0 Å². The minimum atomic E-state index is -0.315. The van der Waals surface area contributed by atoms with Crippen LogP contribution in [0.1, 0.15) is 0 Å². The second kappa shape index (κ2) is 3.59. The fraction of sp³-hybridized carbons (Fsp3) is 0. The number of halogens is 1. The highest BCUT2D eigenvalue weighted by Gasteiger charge is 2.08. The number of aromatic amines is 1. The number of phenolic OH excluding ortho intramolecular Hbond substituents is 1. The summed E-state index contributed by atoms with van der Waals surface area (Å²) in [5.74, 6) is 0.362. The Kier molecular flexibility index (Phi) is 2.08. The molecule has 0 radical (unpaired) electrons. The first-order valence-electron chi connectivity index (χ1n) is 5.18. The van der Waals surface area contributed by atoms with E-state index in [4.69, 9.17) is 0 Å². The van der Waals surface area contributed by atoms with E-state index in [0.717, 1.165) is 0 Å². The Labute approximate surface area is 96.6 Å². The summed E-state index contributed by atoms with van der Waals surface area (Å²) in [6, 6.07) is 11.2. The van der Waals surface area contributed by atoms with Crippen LogP contribution in [0.25, 0.3) is 22.4 Å². The largest absolute Gasteiger partial charge is 0.507 e. The zero-order valence-corrected chi connectivity index (χ0v) is 8.81. The predicted molar refractivity (Wildman–Crippen MR) is 63.2 cm³/mol. The molecule has 0 unspecified atom stereocenters. The number of H-pyrrole nitrogens is 1. The van der Waals surface area contributed by atoms with Crippen molar-refractivity contribution in [3.05, 3.63) is 48.3 Å². The van der Waals surface area contributed by atoms with Gasteiger partial charge in [-0.3, -0.25) is 0 Å². The van der Waals surface area contributed by atoms with Crippen molar-refractivity contribution in [3.8, 4) is 17.1 Å². The highest BCUT2D eigenvalue weighted by Crippen LogP contribution is 2.28. The second-order valence-corrected chi connectivity index (χ2v) is 3.76. The maximum Gasteiger partial charge on any atom is 0.142 e. The van der Waals surface area contributed by atoms with E-state index in [2.05, 4.69) is 9.97 Å². The van der Waals surface area contributed by atoms with Gasteiger partial charge in [-0.25, -0.2) is 9.37 Å². The number of rotatable bonds is 1. The number of nitrogens with zero attached hydrogens (tertiary/aromatic N) is 1. The normalized spacial score (nSPS) is 10.9. The maximum absolute atomic E-state index is 13.0. The van der Waals surface area contributed by atoms with Crippen LogP contribution in [0, 0.1) is 5.82 Å². The number of nitrogens with one attached hydrogen (secondary N) is 1. The summed E-state index contributed by atoms with van der Waals surface area (Å²) in [7, 11) is 0. The molecular weight excluding hydrogens is 219 g/mol. The van der Waals surface area contributed by atoms with Gasteiger partial charge in [0.25, 0.3) is 0 Å². The molecule has 0 amide bonds. The summed E-state index contributed by atoms with van der Waals surface area (Å²) in [5.41, 5.74) is 1.89. The molecule has 0 fully saturated rings. The van der Waals surface area contributed by atoms with Gasteiger partial charge in [0.15, 0.2) is 0 Å². The summed E-state index contributed by atoms with van der Waals surface area (Å²) >= 11 is 0. The highest BCUT2D eigenvalue weighted by atomic mass is 19.1. The Morgan fingerprint density at radius 3 is 2.76 bits per heavy atom. The minimum absolute atomic E-state index is 0.145. The lowest BCUT2D eigenvalue weighted by atomic mass is 10.2. The van der Waals surface area contributed by atoms with E-state index < -0.39 is 0 Å². The molecule has 0 saturated carbocycles. The molecule has 3 nitrogen and oxygen atoms in total. The molecule has 0 spiro atoms. The second-order valence-electron chi connectivity index (χ2n) is 3.76. The molecule has 84 valence electrons. The molecule has 0 atom stereocenters. The van der Waals surface area contributed by atoms with Crippen molar-refractivity contribution in [2.45, 2.75) is 0 Å². The Morgan fingerprint density at radius 2 is 1.94 bits per heavy atom. The van der Waals surface area contributed by atoms with Gasteiger partial charge in [-0.2, -0.15) is 0 Å². The molecule has 4 heteroatoms. The van der Waals surface area contributed by atoms with Crippen LogP contribution in [-0.4, -0.2) is 15.1 Å². The number of aromatic nitrogens is 2. The summed E-state index contributed by atoms with van der Waals surface area (Å²) in [6.45, 7) is 0. The fourth-order valence-corrected chi connectivity index (χ4v) is 1.78. The number of imidazole rings is 1. The van der Waals surface area contributed by atoms with Crippen molar-refractivity contribution in [3.63, 3.8) is 0 Å². The minimum Gasteiger partial charge on any atom is -0.507 e. The molecule has 1 heterocycles. The van der Waals surface area contributed by atoms with Crippen LogP contribution >= 0.6 is 0 Å². The van der Waals surface area contributed by atoms with Gasteiger partial charge in [0.05, 0.1) is 16.6 Å². The van der Waals surface area contributed by atoms with Gasteiger partial charge in [-0.05, 0) is 30.3 Å². The van der Waals surface area contributed by atoms with Gasteiger partial charge < -0.3 is 10.1 Å². The lowest BCUT2D eigenvalue weighted by Gasteiger charge is -1.98. The van der Waals surface area contributed by atoms with Crippen molar-refractivity contribution in [1.82, 2.24) is 9.97 Å². The van der Waals surface area contributed by atoms with Crippen molar-refractivity contribution < 1.29 is 9.50 Å². The molecule has 2 N–H and O–H groups in total. The van der Waals surface area contributed by atoms with Crippen LogP contribution in [0.4, 0.5) is 4.39 Å². The lowest BCUT2D eigenvalue weighted by molar-refractivity contribution is 0.477. The fourth-order valence-electron chi connectivity index (χ4n) is 1.78.